The van der Waals surface area contributed by atoms with Crippen LogP contribution in [0.3, 0.4) is 0 Å². The number of ether oxygens (including phenoxy) is 5. The van der Waals surface area contributed by atoms with Gasteiger partial charge in [-0.05, 0) is 38.2 Å². The zero-order valence-corrected chi connectivity index (χ0v) is 27.4. The van der Waals surface area contributed by atoms with Gasteiger partial charge in [0.05, 0.1) is 25.5 Å². The molecule has 0 saturated heterocycles. The van der Waals surface area contributed by atoms with Crippen LogP contribution < -0.4 is 16.8 Å². The average Bonchev–Trinajstić information content (AvgIpc) is 2.97. The number of esters is 1. The van der Waals surface area contributed by atoms with Gasteiger partial charge in [0.1, 0.15) is 12.2 Å². The van der Waals surface area contributed by atoms with Crippen LogP contribution in [0.2, 0.25) is 0 Å². The maximum Gasteiger partial charge on any atom is 0.405 e. The van der Waals surface area contributed by atoms with Gasteiger partial charge >= 0.3 is 12.1 Å². The molecular weight excluding hydrogens is 610 g/mol. The van der Waals surface area contributed by atoms with Crippen LogP contribution in [-0.2, 0) is 42.9 Å². The number of Topliss-reactive ketones (excluding diaryl/α,β-unsaturated/α-hetero) is 1. The Kier molecular flexibility index (Phi) is 15.9. The molecule has 250 valence electrons. The summed E-state index contributed by atoms with van der Waals surface area (Å²) >= 11 is 0. The SMILES string of the molecule is COC1=C2C[C@@H](C)C[C@H](OC)C(OC(=O)CN)[C@H](C)/C=C(\C)[C@@H](OC(N)=O)C(OC)/C=C\C=C(/C)C(=O)NC(=CC1=O)C2=O.Cl. The molecule has 0 spiro atoms. The number of nitrogens with two attached hydrogens (primary N) is 2. The molecule has 6 atom stereocenters. The van der Waals surface area contributed by atoms with Crippen LogP contribution in [0.1, 0.15) is 40.5 Å². The Morgan fingerprint density at radius 1 is 1.04 bits per heavy atom. The molecule has 2 aliphatic rings. The fourth-order valence-corrected chi connectivity index (χ4v) is 5.15. The third-order valence-electron chi connectivity index (χ3n) is 7.35. The largest absolute Gasteiger partial charge is 0.492 e. The number of hydrogen-bond acceptors (Lipinski definition) is 11. The second-order valence-corrected chi connectivity index (χ2v) is 10.8. The van der Waals surface area contributed by atoms with Crippen molar-refractivity contribution in [3.8, 4) is 0 Å². The Balaban J connectivity index is 0.0000101. The van der Waals surface area contributed by atoms with Crippen molar-refractivity contribution in [1.29, 1.82) is 0 Å². The van der Waals surface area contributed by atoms with E-state index >= 15 is 0 Å². The third kappa shape index (κ3) is 10.7. The standard InChI is InChI=1S/C31H43N3O10.ClH/c1-16-11-20-26(37)21(14-22(35)29(20)42-7)34-30(38)17(2)9-8-10-23(40-5)27(44-31(33)39)18(3)13-19(4)28(24(12-16)41-6)43-25(36)15-32;/h8-10,13-14,16,19,23-24,27-28H,11-12,15,32H2,1-7H3,(H2,33,39)(H,34,38);1H/b10-8-,17-9+,18-13+;/t16-,19-,23?,24+,27-,28?;/m1./s1. The summed E-state index contributed by atoms with van der Waals surface area (Å²) in [6, 6.07) is 0. The summed E-state index contributed by atoms with van der Waals surface area (Å²) in [6.07, 6.45) is 3.37. The number of amides is 2. The van der Waals surface area contributed by atoms with E-state index in [2.05, 4.69) is 5.32 Å². The molecule has 0 fully saturated rings. The molecule has 0 radical (unpaired) electrons. The summed E-state index contributed by atoms with van der Waals surface area (Å²) in [7, 11) is 4.17. The molecule has 2 amide bonds. The Hall–Kier alpha value is -3.78. The molecule has 0 aromatic carbocycles. The zero-order valence-electron chi connectivity index (χ0n) is 26.6. The first-order valence-electron chi connectivity index (χ1n) is 14.1. The summed E-state index contributed by atoms with van der Waals surface area (Å²) in [4.78, 5) is 63.5. The van der Waals surface area contributed by atoms with Crippen molar-refractivity contribution in [1.82, 2.24) is 5.32 Å². The first-order valence-corrected chi connectivity index (χ1v) is 14.1. The minimum absolute atomic E-state index is 0. The summed E-state index contributed by atoms with van der Waals surface area (Å²) in [6.45, 7) is 6.51. The van der Waals surface area contributed by atoms with Gasteiger partial charge in [0.15, 0.2) is 11.9 Å². The Labute approximate surface area is 269 Å². The Bertz CT molecular complexity index is 1290. The highest BCUT2D eigenvalue weighted by Gasteiger charge is 2.35. The van der Waals surface area contributed by atoms with Crippen LogP contribution in [0.5, 0.6) is 0 Å². The fourth-order valence-electron chi connectivity index (χ4n) is 5.15. The van der Waals surface area contributed by atoms with Crippen molar-refractivity contribution in [3.63, 3.8) is 0 Å². The van der Waals surface area contributed by atoms with E-state index in [0.717, 1.165) is 6.08 Å². The highest BCUT2D eigenvalue weighted by atomic mass is 35.5. The number of carbonyl (C=O) groups is 5. The molecule has 0 saturated carbocycles. The molecule has 5 N–H and O–H groups in total. The maximum absolute atomic E-state index is 13.5. The van der Waals surface area contributed by atoms with Crippen LogP contribution in [-0.4, -0.2) is 81.8 Å². The predicted octanol–water partition coefficient (Wildman–Crippen LogP) is 2.34. The minimum Gasteiger partial charge on any atom is -0.492 e. The monoisotopic (exact) mass is 653 g/mol. The van der Waals surface area contributed by atoms with E-state index in [4.69, 9.17) is 35.2 Å². The van der Waals surface area contributed by atoms with Crippen LogP contribution in [0.25, 0.3) is 0 Å². The number of fused-ring (bicyclic) bond motifs is 2. The smallest absolute Gasteiger partial charge is 0.405 e. The lowest BCUT2D eigenvalue weighted by atomic mass is 9.85. The minimum atomic E-state index is -1.03. The zero-order chi connectivity index (χ0) is 33.1. The van der Waals surface area contributed by atoms with Crippen molar-refractivity contribution < 1.29 is 47.7 Å². The molecule has 0 aromatic rings. The number of hydrogen-bond donors (Lipinski definition) is 3. The summed E-state index contributed by atoms with van der Waals surface area (Å²) in [5.41, 5.74) is 11.6. The lowest BCUT2D eigenvalue weighted by Gasteiger charge is -2.32. The summed E-state index contributed by atoms with van der Waals surface area (Å²) < 4.78 is 27.8. The lowest BCUT2D eigenvalue weighted by Crippen LogP contribution is -2.41. The van der Waals surface area contributed by atoms with Crippen molar-refractivity contribution in [2.45, 2.75) is 65.0 Å². The third-order valence-corrected chi connectivity index (χ3v) is 7.35. The lowest BCUT2D eigenvalue weighted by molar-refractivity contribution is -0.158. The molecule has 2 bridgehead atoms. The average molecular weight is 654 g/mol. The van der Waals surface area contributed by atoms with Crippen LogP contribution in [0.15, 0.2) is 58.6 Å². The van der Waals surface area contributed by atoms with Gasteiger partial charge in [-0.15, -0.1) is 12.4 Å². The number of methoxy groups -OCH3 is 3. The number of halogens is 1. The van der Waals surface area contributed by atoms with Crippen molar-refractivity contribution >= 4 is 41.9 Å². The van der Waals surface area contributed by atoms with E-state index in [1.54, 1.807) is 26.0 Å². The molecule has 2 unspecified atom stereocenters. The highest BCUT2D eigenvalue weighted by molar-refractivity contribution is 6.23. The topological polar surface area (TPSA) is 196 Å². The van der Waals surface area contributed by atoms with Gasteiger partial charge in [-0.3, -0.25) is 19.2 Å². The first kappa shape index (κ1) is 39.2. The van der Waals surface area contributed by atoms with Crippen molar-refractivity contribution in [2.75, 3.05) is 27.9 Å². The van der Waals surface area contributed by atoms with Crippen LogP contribution in [0, 0.1) is 11.8 Å². The van der Waals surface area contributed by atoms with Gasteiger partial charge < -0.3 is 40.5 Å². The quantitative estimate of drug-likeness (QED) is 0.216. The van der Waals surface area contributed by atoms with Gasteiger partial charge in [0.2, 0.25) is 11.6 Å². The number of rotatable bonds is 6. The Morgan fingerprint density at radius 2 is 1.71 bits per heavy atom. The van der Waals surface area contributed by atoms with Crippen LogP contribution >= 0.6 is 12.4 Å². The Morgan fingerprint density at radius 3 is 2.27 bits per heavy atom. The van der Waals surface area contributed by atoms with Crippen molar-refractivity contribution in [3.05, 3.63) is 58.6 Å². The number of ketones is 2. The molecule has 45 heavy (non-hydrogen) atoms. The predicted molar refractivity (Wildman–Crippen MR) is 167 cm³/mol. The van der Waals surface area contributed by atoms with Gasteiger partial charge in [0, 0.05) is 37.4 Å². The normalized spacial score (nSPS) is 30.0. The van der Waals surface area contributed by atoms with E-state index < -0.39 is 59.9 Å². The van der Waals surface area contributed by atoms with E-state index in [1.807, 2.05) is 6.92 Å². The maximum atomic E-state index is 13.5. The molecule has 0 aromatic heterocycles. The second-order valence-electron chi connectivity index (χ2n) is 10.8. The molecule has 1 aliphatic carbocycles. The molecular formula is C31H44ClN3O10. The molecule has 13 nitrogen and oxygen atoms in total. The summed E-state index contributed by atoms with van der Waals surface area (Å²) in [5.74, 6) is -3.28. The van der Waals surface area contributed by atoms with E-state index in [-0.39, 0.29) is 60.3 Å². The van der Waals surface area contributed by atoms with Gasteiger partial charge in [-0.25, -0.2) is 4.79 Å². The van der Waals surface area contributed by atoms with E-state index in [9.17, 15) is 24.0 Å². The number of allylic oxidation sites excluding steroid dienone is 4. The molecule has 1 aliphatic heterocycles. The number of primary amides is 1. The van der Waals surface area contributed by atoms with Crippen LogP contribution in [0.4, 0.5) is 4.79 Å². The van der Waals surface area contributed by atoms with Gasteiger partial charge in [-0.2, -0.15) is 0 Å². The second kappa shape index (κ2) is 18.3. The molecule has 1 heterocycles. The number of carbonyl (C=O) groups excluding carboxylic acids is 5. The fraction of sp³-hybridized carbons (Fsp3) is 0.516. The van der Waals surface area contributed by atoms with Crippen molar-refractivity contribution in [2.24, 2.45) is 23.3 Å². The highest BCUT2D eigenvalue weighted by Crippen LogP contribution is 2.30. The molecule has 14 heteroatoms. The van der Waals surface area contributed by atoms with Gasteiger partial charge in [-0.1, -0.05) is 38.2 Å². The summed E-state index contributed by atoms with van der Waals surface area (Å²) in [5, 5.41) is 2.52. The number of nitrogens with one attached hydrogen (secondary N) is 1. The first-order chi connectivity index (χ1) is 20.8. The van der Waals surface area contributed by atoms with E-state index in [0.29, 0.717) is 5.57 Å². The molecule has 2 rings (SSSR count). The van der Waals surface area contributed by atoms with Gasteiger partial charge in [0.25, 0.3) is 5.91 Å². The van der Waals surface area contributed by atoms with E-state index in [1.165, 1.54) is 40.4 Å².